The Kier molecular flexibility index (Phi) is 7.96. The van der Waals surface area contributed by atoms with Crippen molar-refractivity contribution >= 4 is 49.0 Å². The number of halogens is 2. The van der Waals surface area contributed by atoms with Gasteiger partial charge in [-0.15, -0.1) is 11.3 Å². The fraction of sp³-hybridized carbons (Fsp3) is 0.310. The Hall–Kier alpha value is -3.65. The molecule has 222 valence electrons. The normalized spacial score (nSPS) is 16.2. The van der Waals surface area contributed by atoms with Gasteiger partial charge in [0.25, 0.3) is 15.6 Å². The summed E-state index contributed by atoms with van der Waals surface area (Å²) in [7, 11) is -4.43. The second-order valence-corrected chi connectivity index (χ2v) is 13.9. The van der Waals surface area contributed by atoms with Crippen molar-refractivity contribution in [1.29, 1.82) is 0 Å². The molecule has 1 atom stereocenters. The van der Waals surface area contributed by atoms with Gasteiger partial charge >= 0.3 is 6.09 Å². The van der Waals surface area contributed by atoms with Crippen LogP contribution in [0.2, 0.25) is 0 Å². The molecule has 0 saturated carbocycles. The van der Waals surface area contributed by atoms with E-state index in [2.05, 4.69) is 0 Å². The van der Waals surface area contributed by atoms with E-state index in [9.17, 15) is 27.5 Å². The number of fused-ring (bicyclic) bond motifs is 1. The maximum atomic E-state index is 15.4. The SMILES string of the molecule is CC(C)(C)OC(=O)N(c1ccc(F)cc1F)c1c(S(=O)(=O)N2CCC[C@@H]2CO)sc2c1ccc(=O)n2-c1ccccc1. The molecule has 3 heterocycles. The van der Waals surface area contributed by atoms with Crippen LogP contribution in [-0.4, -0.2) is 53.3 Å². The third-order valence-electron chi connectivity index (χ3n) is 6.73. The van der Waals surface area contributed by atoms with Crippen molar-refractivity contribution in [3.05, 3.63) is 82.7 Å². The highest BCUT2D eigenvalue weighted by atomic mass is 32.2. The largest absolute Gasteiger partial charge is 0.443 e. The molecule has 42 heavy (non-hydrogen) atoms. The third-order valence-corrected chi connectivity index (χ3v) is 10.3. The minimum atomic E-state index is -4.43. The average molecular weight is 618 g/mol. The second-order valence-electron chi connectivity index (χ2n) is 10.8. The fourth-order valence-electron chi connectivity index (χ4n) is 4.95. The molecule has 2 aromatic heterocycles. The topological polar surface area (TPSA) is 109 Å². The van der Waals surface area contributed by atoms with Crippen LogP contribution in [0.1, 0.15) is 33.6 Å². The number of rotatable bonds is 6. The van der Waals surface area contributed by atoms with Crippen LogP contribution >= 0.6 is 11.3 Å². The van der Waals surface area contributed by atoms with Gasteiger partial charge in [-0.3, -0.25) is 9.36 Å². The number of para-hydroxylation sites is 1. The van der Waals surface area contributed by atoms with Gasteiger partial charge in [0, 0.05) is 30.1 Å². The average Bonchev–Trinajstić information content (AvgIpc) is 3.56. The molecule has 9 nitrogen and oxygen atoms in total. The highest BCUT2D eigenvalue weighted by Crippen LogP contribution is 2.47. The molecule has 13 heteroatoms. The summed E-state index contributed by atoms with van der Waals surface area (Å²) in [4.78, 5) is 27.9. The number of aromatic nitrogens is 1. The van der Waals surface area contributed by atoms with Gasteiger partial charge in [0.1, 0.15) is 22.1 Å². The molecular formula is C29H29F2N3O6S2. The van der Waals surface area contributed by atoms with Crippen molar-refractivity contribution in [2.45, 2.75) is 49.5 Å². The van der Waals surface area contributed by atoms with Crippen LogP contribution in [0.25, 0.3) is 15.9 Å². The van der Waals surface area contributed by atoms with E-state index >= 15 is 4.39 Å². The van der Waals surface area contributed by atoms with E-state index in [0.29, 0.717) is 24.6 Å². The van der Waals surface area contributed by atoms with Crippen molar-refractivity contribution in [2.75, 3.05) is 18.1 Å². The molecule has 0 bridgehead atoms. The van der Waals surface area contributed by atoms with Crippen molar-refractivity contribution in [2.24, 2.45) is 0 Å². The number of thiophene rings is 1. The number of carbonyl (C=O) groups excluding carboxylic acids is 1. The number of ether oxygens (including phenoxy) is 1. The molecular weight excluding hydrogens is 588 g/mol. The Morgan fingerprint density at radius 2 is 1.83 bits per heavy atom. The number of sulfonamides is 1. The summed E-state index contributed by atoms with van der Waals surface area (Å²) in [5.41, 5.74) is -1.78. The summed E-state index contributed by atoms with van der Waals surface area (Å²) in [6, 6.07) is 13.0. The summed E-state index contributed by atoms with van der Waals surface area (Å²) in [5, 5.41) is 10.1. The quantitative estimate of drug-likeness (QED) is 0.304. The lowest BCUT2D eigenvalue weighted by Gasteiger charge is -2.29. The first-order valence-corrected chi connectivity index (χ1v) is 15.4. The predicted octanol–water partition coefficient (Wildman–Crippen LogP) is 5.55. The maximum Gasteiger partial charge on any atom is 0.419 e. The summed E-state index contributed by atoms with van der Waals surface area (Å²) >= 11 is 0.739. The molecule has 0 radical (unpaired) electrons. The number of benzene rings is 2. The lowest BCUT2D eigenvalue weighted by atomic mass is 10.2. The molecule has 1 N–H and O–H groups in total. The maximum absolute atomic E-state index is 15.4. The minimum Gasteiger partial charge on any atom is -0.443 e. The first-order valence-electron chi connectivity index (χ1n) is 13.2. The van der Waals surface area contributed by atoms with Gasteiger partial charge in [-0.25, -0.2) is 26.9 Å². The zero-order valence-electron chi connectivity index (χ0n) is 23.1. The van der Waals surface area contributed by atoms with Crippen LogP contribution < -0.4 is 10.5 Å². The van der Waals surface area contributed by atoms with E-state index in [1.165, 1.54) is 16.7 Å². The number of carbonyl (C=O) groups is 1. The van der Waals surface area contributed by atoms with Gasteiger partial charge in [-0.2, -0.15) is 4.31 Å². The van der Waals surface area contributed by atoms with Crippen molar-refractivity contribution in [3.63, 3.8) is 0 Å². The zero-order chi connectivity index (χ0) is 30.4. The molecule has 5 rings (SSSR count). The number of aliphatic hydroxyl groups excluding tert-OH is 1. The Labute approximate surface area is 245 Å². The van der Waals surface area contributed by atoms with Gasteiger partial charge in [0.15, 0.2) is 4.21 Å². The van der Waals surface area contributed by atoms with E-state index in [4.69, 9.17) is 4.74 Å². The summed E-state index contributed by atoms with van der Waals surface area (Å²) < 4.78 is 65.7. The highest BCUT2D eigenvalue weighted by Gasteiger charge is 2.42. The van der Waals surface area contributed by atoms with E-state index in [1.807, 2.05) is 0 Å². The van der Waals surface area contributed by atoms with E-state index in [0.717, 1.165) is 32.7 Å². The van der Waals surface area contributed by atoms with Crippen molar-refractivity contribution < 1.29 is 31.8 Å². The van der Waals surface area contributed by atoms with Crippen molar-refractivity contribution in [3.8, 4) is 5.69 Å². The first-order chi connectivity index (χ1) is 19.8. The lowest BCUT2D eigenvalue weighted by molar-refractivity contribution is 0.0598. The molecule has 1 aliphatic rings. The molecule has 0 unspecified atom stereocenters. The standard InChI is InChI=1S/C29H29F2N3O6S2/c1-29(2,3)40-28(37)34(23-13-11-18(30)16-22(23)31)25-21-12-14-24(36)33(19-8-5-4-6-9-19)26(21)41-27(25)42(38,39)32-15-7-10-20(32)17-35/h4-6,8-9,11-14,16,20,35H,7,10,15,17H2,1-3H3/t20-/m1/s1. The summed E-state index contributed by atoms with van der Waals surface area (Å²) in [6.07, 6.45) is -0.184. The number of nitrogens with zero attached hydrogens (tertiary/aromatic N) is 3. The molecule has 1 saturated heterocycles. The monoisotopic (exact) mass is 617 g/mol. The smallest absolute Gasteiger partial charge is 0.419 e. The van der Waals surface area contributed by atoms with Crippen LogP contribution in [-0.2, 0) is 14.8 Å². The number of anilines is 2. The Morgan fingerprint density at radius 3 is 2.48 bits per heavy atom. The number of aliphatic hydroxyl groups is 1. The van der Waals surface area contributed by atoms with Gasteiger partial charge < -0.3 is 9.84 Å². The van der Waals surface area contributed by atoms with Crippen LogP contribution in [0.5, 0.6) is 0 Å². The molecule has 4 aromatic rings. The lowest BCUT2D eigenvalue weighted by Crippen LogP contribution is -2.39. The van der Waals surface area contributed by atoms with Gasteiger partial charge in [-0.05, 0) is 63.9 Å². The third kappa shape index (κ3) is 5.44. The van der Waals surface area contributed by atoms with E-state index < -0.39 is 57.2 Å². The molecule has 1 fully saturated rings. The summed E-state index contributed by atoms with van der Waals surface area (Å²) in [6.45, 7) is 4.48. The van der Waals surface area contributed by atoms with Gasteiger partial charge in [-0.1, -0.05) is 18.2 Å². The second kappa shape index (κ2) is 11.2. The molecule has 0 aliphatic carbocycles. The van der Waals surface area contributed by atoms with Crippen LogP contribution in [0.15, 0.2) is 69.7 Å². The fourth-order valence-corrected chi connectivity index (χ4v) is 8.52. The van der Waals surface area contributed by atoms with Crippen LogP contribution in [0.4, 0.5) is 25.0 Å². The Bertz CT molecular complexity index is 1820. The Morgan fingerprint density at radius 1 is 1.12 bits per heavy atom. The number of hydrogen-bond donors (Lipinski definition) is 1. The first kappa shape index (κ1) is 29.8. The summed E-state index contributed by atoms with van der Waals surface area (Å²) in [5.74, 6) is -2.03. The molecule has 2 aromatic carbocycles. The molecule has 1 amide bonds. The number of pyridine rings is 1. The van der Waals surface area contributed by atoms with Gasteiger partial charge in [0.05, 0.1) is 23.7 Å². The van der Waals surface area contributed by atoms with Crippen LogP contribution in [0.3, 0.4) is 0 Å². The van der Waals surface area contributed by atoms with Gasteiger partial charge in [0.2, 0.25) is 0 Å². The molecule has 1 aliphatic heterocycles. The predicted molar refractivity (Wildman–Crippen MR) is 156 cm³/mol. The minimum absolute atomic E-state index is 0.115. The zero-order valence-corrected chi connectivity index (χ0v) is 24.7. The number of hydrogen-bond acceptors (Lipinski definition) is 7. The Balaban J connectivity index is 1.90. The van der Waals surface area contributed by atoms with Crippen LogP contribution in [0, 0.1) is 11.6 Å². The van der Waals surface area contributed by atoms with E-state index in [-0.39, 0.29) is 26.7 Å². The molecule has 0 spiro atoms. The highest BCUT2D eigenvalue weighted by molar-refractivity contribution is 7.91. The van der Waals surface area contributed by atoms with E-state index in [1.54, 1.807) is 51.1 Å². The van der Waals surface area contributed by atoms with Crippen molar-refractivity contribution in [1.82, 2.24) is 8.87 Å². The number of amides is 1.